The molecule has 0 amide bonds. The van der Waals surface area contributed by atoms with Crippen LogP contribution in [0.15, 0.2) is 36.0 Å². The summed E-state index contributed by atoms with van der Waals surface area (Å²) in [6.45, 7) is 7.42. The minimum atomic E-state index is -0.983. The molecule has 0 aromatic carbocycles. The van der Waals surface area contributed by atoms with Gasteiger partial charge in [0.05, 0.1) is 0 Å². The summed E-state index contributed by atoms with van der Waals surface area (Å²) < 4.78 is 5.66. The number of fused-ring (bicyclic) bond motifs is 5. The summed E-state index contributed by atoms with van der Waals surface area (Å²) in [6.07, 6.45) is 13.1. The number of hydrogen-bond acceptors (Lipinski definition) is 4. The Labute approximate surface area is 160 Å². The van der Waals surface area contributed by atoms with Crippen molar-refractivity contribution in [3.63, 3.8) is 0 Å². The Balaban J connectivity index is 1.73. The molecule has 6 atom stereocenters. The number of rotatable bonds is 2. The van der Waals surface area contributed by atoms with Crippen LogP contribution in [0.25, 0.3) is 0 Å². The van der Waals surface area contributed by atoms with Gasteiger partial charge in [-0.25, -0.2) is 0 Å². The zero-order chi connectivity index (χ0) is 19.6. The van der Waals surface area contributed by atoms with Crippen molar-refractivity contribution in [1.82, 2.24) is 0 Å². The summed E-state index contributed by atoms with van der Waals surface area (Å²) in [5.41, 5.74) is -0.0463. The zero-order valence-corrected chi connectivity index (χ0v) is 16.6. The molecular formula is C23H28O4. The highest BCUT2D eigenvalue weighted by molar-refractivity contribution is 6.01. The summed E-state index contributed by atoms with van der Waals surface area (Å²) in [4.78, 5) is 36.1. The highest BCUT2D eigenvalue weighted by Gasteiger charge is 2.62. The molecule has 4 aliphatic carbocycles. The molecule has 0 aromatic heterocycles. The second-order valence-corrected chi connectivity index (χ2v) is 9.49. The highest BCUT2D eigenvalue weighted by Crippen LogP contribution is 2.65. The normalized spacial score (nSPS) is 44.8. The summed E-state index contributed by atoms with van der Waals surface area (Å²) in [7, 11) is 0. The van der Waals surface area contributed by atoms with Gasteiger partial charge in [-0.2, -0.15) is 0 Å². The molecule has 4 rings (SSSR count). The van der Waals surface area contributed by atoms with E-state index in [9.17, 15) is 14.4 Å². The van der Waals surface area contributed by atoms with Gasteiger partial charge in [0.1, 0.15) is 0 Å². The molecule has 0 aromatic rings. The summed E-state index contributed by atoms with van der Waals surface area (Å²) in [5, 5.41) is 0. The quantitative estimate of drug-likeness (QED) is 0.692. The van der Waals surface area contributed by atoms with Crippen molar-refractivity contribution in [1.29, 1.82) is 0 Å². The lowest BCUT2D eigenvalue weighted by molar-refractivity contribution is -0.165. The third-order valence-corrected chi connectivity index (χ3v) is 7.85. The summed E-state index contributed by atoms with van der Waals surface area (Å²) >= 11 is 0. The molecule has 0 N–H and O–H groups in total. The van der Waals surface area contributed by atoms with Crippen molar-refractivity contribution in [2.75, 3.05) is 0 Å². The van der Waals surface area contributed by atoms with E-state index >= 15 is 0 Å². The lowest BCUT2D eigenvalue weighted by Crippen LogP contribution is -2.46. The highest BCUT2D eigenvalue weighted by atomic mass is 16.6. The summed E-state index contributed by atoms with van der Waals surface area (Å²) in [5.74, 6) is 0.642. The first-order chi connectivity index (χ1) is 12.6. The monoisotopic (exact) mass is 368 g/mol. The zero-order valence-electron chi connectivity index (χ0n) is 16.6. The Kier molecular flexibility index (Phi) is 3.93. The van der Waals surface area contributed by atoms with E-state index in [0.29, 0.717) is 30.6 Å². The number of ketones is 2. The topological polar surface area (TPSA) is 60.4 Å². The van der Waals surface area contributed by atoms with Crippen molar-refractivity contribution < 1.29 is 19.1 Å². The van der Waals surface area contributed by atoms with E-state index in [1.54, 1.807) is 19.1 Å². The van der Waals surface area contributed by atoms with E-state index < -0.39 is 5.60 Å². The van der Waals surface area contributed by atoms with Crippen molar-refractivity contribution in [3.05, 3.63) is 36.0 Å². The number of Topliss-reactive ketones (excluding diaryl/α,β-unsaturated/α-hetero) is 1. The molecule has 0 bridgehead atoms. The molecule has 0 heterocycles. The van der Waals surface area contributed by atoms with Crippen molar-refractivity contribution in [2.24, 2.45) is 28.6 Å². The van der Waals surface area contributed by atoms with Crippen LogP contribution in [0.3, 0.4) is 0 Å². The predicted molar refractivity (Wildman–Crippen MR) is 102 cm³/mol. The molecule has 4 aliphatic rings. The molecule has 0 radical (unpaired) electrons. The Morgan fingerprint density at radius 1 is 1.15 bits per heavy atom. The van der Waals surface area contributed by atoms with Crippen LogP contribution in [0.5, 0.6) is 0 Å². The molecule has 2 fully saturated rings. The fraction of sp³-hybridized carbons (Fsp3) is 0.609. The second kappa shape index (κ2) is 5.76. The third-order valence-electron chi connectivity index (χ3n) is 7.85. The maximum absolute atomic E-state index is 12.5. The number of carbonyl (C=O) groups is 3. The fourth-order valence-corrected chi connectivity index (χ4v) is 6.44. The van der Waals surface area contributed by atoms with Gasteiger partial charge in [-0.05, 0) is 67.1 Å². The van der Waals surface area contributed by atoms with Gasteiger partial charge in [0.25, 0.3) is 0 Å². The van der Waals surface area contributed by atoms with E-state index in [0.717, 1.165) is 18.4 Å². The second-order valence-electron chi connectivity index (χ2n) is 9.49. The van der Waals surface area contributed by atoms with Gasteiger partial charge in [-0.3, -0.25) is 14.4 Å². The van der Waals surface area contributed by atoms with E-state index in [2.05, 4.69) is 32.1 Å². The van der Waals surface area contributed by atoms with Crippen molar-refractivity contribution in [2.45, 2.75) is 59.0 Å². The summed E-state index contributed by atoms with van der Waals surface area (Å²) in [6, 6.07) is 0. The Morgan fingerprint density at radius 2 is 1.89 bits per heavy atom. The molecule has 2 saturated carbocycles. The minimum absolute atomic E-state index is 0.0155. The van der Waals surface area contributed by atoms with Crippen molar-refractivity contribution in [3.8, 4) is 0 Å². The lowest BCUT2D eigenvalue weighted by atomic mass is 9.50. The molecule has 144 valence electrons. The smallest absolute Gasteiger partial charge is 0.303 e. The minimum Gasteiger partial charge on any atom is -0.451 e. The molecule has 27 heavy (non-hydrogen) atoms. The fourth-order valence-electron chi connectivity index (χ4n) is 6.44. The predicted octanol–water partition coefficient (Wildman–Crippen LogP) is 3.96. The molecule has 0 unspecified atom stereocenters. The third kappa shape index (κ3) is 2.60. The first-order valence-electron chi connectivity index (χ1n) is 9.94. The number of hydrogen-bond donors (Lipinski definition) is 0. The molecule has 0 saturated heterocycles. The molecule has 4 heteroatoms. The van der Waals surface area contributed by atoms with Crippen LogP contribution in [-0.4, -0.2) is 23.1 Å². The van der Waals surface area contributed by atoms with Gasteiger partial charge in [-0.1, -0.05) is 32.1 Å². The number of allylic oxidation sites excluding steroid dienone is 6. The lowest BCUT2D eigenvalue weighted by Gasteiger charge is -2.53. The number of esters is 1. The van der Waals surface area contributed by atoms with E-state index in [1.165, 1.54) is 6.92 Å². The largest absolute Gasteiger partial charge is 0.451 e. The molecular weight excluding hydrogens is 340 g/mol. The van der Waals surface area contributed by atoms with Crippen LogP contribution in [-0.2, 0) is 19.1 Å². The molecule has 0 aliphatic heterocycles. The van der Waals surface area contributed by atoms with Crippen LogP contribution < -0.4 is 0 Å². The van der Waals surface area contributed by atoms with Gasteiger partial charge in [0.2, 0.25) is 0 Å². The maximum atomic E-state index is 12.5. The van der Waals surface area contributed by atoms with Gasteiger partial charge in [-0.15, -0.1) is 0 Å². The Morgan fingerprint density at radius 3 is 2.56 bits per heavy atom. The van der Waals surface area contributed by atoms with Crippen molar-refractivity contribution >= 4 is 17.5 Å². The average molecular weight is 368 g/mol. The Hall–Kier alpha value is -1.97. The first-order valence-corrected chi connectivity index (χ1v) is 9.94. The van der Waals surface area contributed by atoms with Gasteiger partial charge in [0, 0.05) is 18.8 Å². The first kappa shape index (κ1) is 18.4. The van der Waals surface area contributed by atoms with E-state index in [-0.39, 0.29) is 28.4 Å². The molecule has 0 spiro atoms. The Bertz CT molecular complexity index is 818. The van der Waals surface area contributed by atoms with Crippen LogP contribution >= 0.6 is 0 Å². The van der Waals surface area contributed by atoms with Gasteiger partial charge in [0.15, 0.2) is 17.2 Å². The average Bonchev–Trinajstić information content (AvgIpc) is 2.88. The maximum Gasteiger partial charge on any atom is 0.303 e. The van der Waals surface area contributed by atoms with Crippen LogP contribution in [0.2, 0.25) is 0 Å². The van der Waals surface area contributed by atoms with Crippen LogP contribution in [0.4, 0.5) is 0 Å². The number of carbonyl (C=O) groups excluding carboxylic acids is 3. The standard InChI is InChI=1S/C23H28O4/c1-14(24)23(27-15(2)25)12-20-18-6-5-16-11-17(26)7-10-22(16,4)19(18)8-9-21(20,3)13-23/h5-7,10-11,18-20H,8-9,12-13H2,1-4H3/t18-,19+,20-,21+,22-,23+/m0/s1. The van der Waals surface area contributed by atoms with Crippen LogP contribution in [0.1, 0.15) is 53.4 Å². The van der Waals surface area contributed by atoms with Gasteiger partial charge >= 0.3 is 5.97 Å². The van der Waals surface area contributed by atoms with E-state index in [4.69, 9.17) is 4.74 Å². The number of ether oxygens (including phenoxy) is 1. The van der Waals surface area contributed by atoms with E-state index in [1.807, 2.05) is 0 Å². The van der Waals surface area contributed by atoms with Crippen LogP contribution in [0, 0.1) is 28.6 Å². The SMILES string of the molecule is CC(=O)O[C@]1(C(C)=O)C[C@H]2[C@H]3C=CC4=CC(=O)C=C[C@]4(C)[C@@H]3CC[C@]2(C)C1. The van der Waals surface area contributed by atoms with Gasteiger partial charge < -0.3 is 4.74 Å². The molecule has 4 nitrogen and oxygen atoms in total.